The van der Waals surface area contributed by atoms with Gasteiger partial charge in [-0.05, 0) is 25.3 Å². The number of carbonyl (C=O) groups is 1. The number of aromatic nitrogens is 2. The first kappa shape index (κ1) is 21.5. The first-order chi connectivity index (χ1) is 16.2. The van der Waals surface area contributed by atoms with E-state index in [2.05, 4.69) is 30.7 Å². The van der Waals surface area contributed by atoms with E-state index in [9.17, 15) is 4.79 Å². The van der Waals surface area contributed by atoms with Crippen molar-refractivity contribution >= 4 is 35.4 Å². The average molecular weight is 448 g/mol. The van der Waals surface area contributed by atoms with Crippen molar-refractivity contribution in [1.29, 1.82) is 0 Å². The Bertz CT molecular complexity index is 1090. The summed E-state index contributed by atoms with van der Waals surface area (Å²) in [5.74, 6) is 1.60. The Morgan fingerprint density at radius 1 is 1.21 bits per heavy atom. The maximum atomic E-state index is 12.8. The zero-order valence-corrected chi connectivity index (χ0v) is 18.9. The Hall–Kier alpha value is -3.33. The Labute approximate surface area is 193 Å². The molecule has 1 aromatic carbocycles. The minimum absolute atomic E-state index is 0.0974. The topological polar surface area (TPSA) is 104 Å². The van der Waals surface area contributed by atoms with Crippen LogP contribution in [-0.4, -0.2) is 60.1 Å². The van der Waals surface area contributed by atoms with E-state index in [-0.39, 0.29) is 11.9 Å². The quantitative estimate of drug-likeness (QED) is 0.521. The Morgan fingerprint density at radius 2 is 2.03 bits per heavy atom. The molecule has 9 heteroatoms. The van der Waals surface area contributed by atoms with Gasteiger partial charge in [-0.15, -0.1) is 0 Å². The molecule has 2 aliphatic heterocycles. The third-order valence-electron chi connectivity index (χ3n) is 6.23. The second-order valence-electron chi connectivity index (χ2n) is 8.75. The number of rotatable bonds is 6. The van der Waals surface area contributed by atoms with E-state index in [1.807, 2.05) is 31.2 Å². The number of carbonyl (C=O) groups excluding carboxylic acids is 1. The van der Waals surface area contributed by atoms with E-state index >= 15 is 0 Å². The van der Waals surface area contributed by atoms with Crippen molar-refractivity contribution in [3.8, 4) is 0 Å². The van der Waals surface area contributed by atoms with Gasteiger partial charge in [0.15, 0.2) is 5.82 Å². The lowest BCUT2D eigenvalue weighted by molar-refractivity contribution is -0.115. The van der Waals surface area contributed by atoms with Crippen LogP contribution in [0.3, 0.4) is 0 Å². The van der Waals surface area contributed by atoms with Crippen LogP contribution in [-0.2, 0) is 16.0 Å². The number of aryl methyl sites for hydroxylation is 1. The number of morpholine rings is 1. The van der Waals surface area contributed by atoms with E-state index in [0.29, 0.717) is 37.1 Å². The Morgan fingerprint density at radius 3 is 2.82 bits per heavy atom. The van der Waals surface area contributed by atoms with Crippen LogP contribution in [0.4, 0.5) is 17.6 Å². The van der Waals surface area contributed by atoms with Crippen LogP contribution >= 0.6 is 0 Å². The fraction of sp³-hybridized carbons (Fsp3) is 0.458. The highest BCUT2D eigenvalue weighted by atomic mass is 16.5. The van der Waals surface area contributed by atoms with Gasteiger partial charge in [0.25, 0.3) is 5.91 Å². The molecule has 0 unspecified atom stereocenters. The van der Waals surface area contributed by atoms with Crippen LogP contribution in [0.5, 0.6) is 0 Å². The molecular weight excluding hydrogens is 418 g/mol. The van der Waals surface area contributed by atoms with E-state index < -0.39 is 0 Å². The maximum absolute atomic E-state index is 12.8. The number of amides is 1. The van der Waals surface area contributed by atoms with Crippen LogP contribution in [0.25, 0.3) is 0 Å². The molecule has 1 saturated heterocycles. The van der Waals surface area contributed by atoms with Gasteiger partial charge in [0.05, 0.1) is 19.4 Å². The van der Waals surface area contributed by atoms with Crippen molar-refractivity contribution in [3.05, 3.63) is 41.0 Å². The normalized spacial score (nSPS) is 18.5. The molecule has 172 valence electrons. The summed E-state index contributed by atoms with van der Waals surface area (Å²) in [5.41, 5.74) is 6.49. The summed E-state index contributed by atoms with van der Waals surface area (Å²) in [6, 6.07) is 8.32. The van der Waals surface area contributed by atoms with Gasteiger partial charge in [-0.1, -0.05) is 42.7 Å². The lowest BCUT2D eigenvalue weighted by Gasteiger charge is -2.29. The number of anilines is 2. The summed E-state index contributed by atoms with van der Waals surface area (Å²) < 4.78 is 5.51. The van der Waals surface area contributed by atoms with Gasteiger partial charge in [0, 0.05) is 31.1 Å². The van der Waals surface area contributed by atoms with Crippen LogP contribution in [0.2, 0.25) is 0 Å². The monoisotopic (exact) mass is 447 g/mol. The first-order valence-corrected chi connectivity index (χ1v) is 11.6. The van der Waals surface area contributed by atoms with Crippen LogP contribution in [0.1, 0.15) is 42.4 Å². The van der Waals surface area contributed by atoms with Gasteiger partial charge in [-0.3, -0.25) is 4.79 Å². The fourth-order valence-corrected chi connectivity index (χ4v) is 4.52. The van der Waals surface area contributed by atoms with Gasteiger partial charge >= 0.3 is 0 Å². The first-order valence-electron chi connectivity index (χ1n) is 11.6. The molecule has 0 radical (unpaired) electrons. The molecule has 3 heterocycles. The van der Waals surface area contributed by atoms with Crippen LogP contribution < -0.4 is 15.6 Å². The molecule has 1 saturated carbocycles. The zero-order valence-electron chi connectivity index (χ0n) is 18.9. The van der Waals surface area contributed by atoms with Crippen molar-refractivity contribution in [2.24, 2.45) is 10.1 Å². The van der Waals surface area contributed by atoms with E-state index in [1.54, 1.807) is 6.21 Å². The number of nitrogens with one attached hydrogen (secondary N) is 2. The molecule has 5 rings (SSSR count). The van der Waals surface area contributed by atoms with Crippen molar-refractivity contribution in [2.75, 3.05) is 36.6 Å². The predicted molar refractivity (Wildman–Crippen MR) is 129 cm³/mol. The van der Waals surface area contributed by atoms with Crippen LogP contribution in [0.15, 0.2) is 34.4 Å². The zero-order chi connectivity index (χ0) is 22.6. The van der Waals surface area contributed by atoms with Gasteiger partial charge < -0.3 is 15.0 Å². The maximum Gasteiger partial charge on any atom is 0.266 e. The van der Waals surface area contributed by atoms with Crippen molar-refractivity contribution in [1.82, 2.24) is 15.3 Å². The minimum atomic E-state index is -0.0974. The molecule has 0 spiro atoms. The number of benzene rings is 1. The number of nitrogens with zero attached hydrogens (tertiary/aromatic N) is 5. The predicted octanol–water partition coefficient (Wildman–Crippen LogP) is 2.76. The molecule has 2 fully saturated rings. The number of hydrogen-bond donors (Lipinski definition) is 2. The summed E-state index contributed by atoms with van der Waals surface area (Å²) in [7, 11) is 0. The number of fused-ring (bicyclic) bond motifs is 1. The number of ether oxygens (including phenoxy) is 1. The van der Waals surface area contributed by atoms with Crippen LogP contribution in [0, 0.1) is 6.92 Å². The van der Waals surface area contributed by atoms with E-state index in [4.69, 9.17) is 9.72 Å². The SMILES string of the molecule is Cc1cccc(/C=N/Nc2nc3c(c(N4CCOCC4)n2)CC(C(=O)NC2CCCC2)=N3)c1. The third-order valence-corrected chi connectivity index (χ3v) is 6.23. The van der Waals surface area contributed by atoms with E-state index in [1.165, 1.54) is 18.4 Å². The molecule has 3 aliphatic rings. The second kappa shape index (κ2) is 9.66. The molecule has 1 aliphatic carbocycles. The standard InChI is InChI=1S/C24H29N7O2/c1-16-5-4-6-17(13-16)15-25-30-24-28-21-19(22(29-24)31-9-11-33-12-10-31)14-20(27-21)23(32)26-18-7-2-3-8-18/h4-6,13,15,18H,2-3,7-12,14H2,1H3,(H,26,32)(H,28,29,30)/b25-15+. The molecule has 1 amide bonds. The molecule has 0 atom stereocenters. The number of hydrogen-bond acceptors (Lipinski definition) is 8. The lowest BCUT2D eigenvalue weighted by atomic mass is 10.1. The van der Waals surface area contributed by atoms with Gasteiger partial charge in [-0.25, -0.2) is 10.4 Å². The smallest absolute Gasteiger partial charge is 0.266 e. The molecule has 2 aromatic rings. The summed E-state index contributed by atoms with van der Waals surface area (Å²) in [6.45, 7) is 4.80. The largest absolute Gasteiger partial charge is 0.378 e. The van der Waals surface area contributed by atoms with Crippen molar-refractivity contribution < 1.29 is 9.53 Å². The Balaban J connectivity index is 1.38. The fourth-order valence-electron chi connectivity index (χ4n) is 4.52. The summed E-state index contributed by atoms with van der Waals surface area (Å²) in [5, 5.41) is 7.45. The highest BCUT2D eigenvalue weighted by Gasteiger charge is 2.30. The molecule has 2 N–H and O–H groups in total. The Kier molecular flexibility index (Phi) is 6.30. The van der Waals surface area contributed by atoms with Crippen molar-refractivity contribution in [3.63, 3.8) is 0 Å². The summed E-state index contributed by atoms with van der Waals surface area (Å²) in [4.78, 5) is 28.9. The number of hydrazone groups is 1. The summed E-state index contributed by atoms with van der Waals surface area (Å²) >= 11 is 0. The van der Waals surface area contributed by atoms with Gasteiger partial charge in [0.1, 0.15) is 11.5 Å². The minimum Gasteiger partial charge on any atom is -0.378 e. The molecule has 9 nitrogen and oxygen atoms in total. The molecular formula is C24H29N7O2. The second-order valence-corrected chi connectivity index (χ2v) is 8.75. The third kappa shape index (κ3) is 5.03. The lowest BCUT2D eigenvalue weighted by Crippen LogP contribution is -2.39. The van der Waals surface area contributed by atoms with Gasteiger partial charge in [0.2, 0.25) is 5.95 Å². The average Bonchev–Trinajstić information content (AvgIpc) is 3.49. The molecule has 1 aromatic heterocycles. The number of aliphatic imine (C=N–C) groups is 1. The highest BCUT2D eigenvalue weighted by Crippen LogP contribution is 2.34. The van der Waals surface area contributed by atoms with E-state index in [0.717, 1.165) is 42.9 Å². The highest BCUT2D eigenvalue weighted by molar-refractivity contribution is 6.41. The molecule has 33 heavy (non-hydrogen) atoms. The van der Waals surface area contributed by atoms with Gasteiger partial charge in [-0.2, -0.15) is 15.1 Å². The summed E-state index contributed by atoms with van der Waals surface area (Å²) in [6.07, 6.45) is 6.59. The molecule has 0 bridgehead atoms. The van der Waals surface area contributed by atoms with Crippen molar-refractivity contribution in [2.45, 2.75) is 45.1 Å².